The van der Waals surface area contributed by atoms with Gasteiger partial charge in [0.1, 0.15) is 6.04 Å². The molecule has 144 valence electrons. The molecular formula is C14H21N5O6S. The van der Waals surface area contributed by atoms with Crippen LogP contribution in [0.3, 0.4) is 0 Å². The van der Waals surface area contributed by atoms with E-state index in [0.717, 1.165) is 19.3 Å². The molecule has 1 saturated carbocycles. The number of hydrogen-bond acceptors (Lipinski definition) is 8. The number of aryl methyl sites for hydroxylation is 1. The molecule has 3 heterocycles. The van der Waals surface area contributed by atoms with Gasteiger partial charge in [-0.05, 0) is 38.0 Å². The predicted octanol–water partition coefficient (Wildman–Crippen LogP) is 0.415. The monoisotopic (exact) mass is 387 g/mol. The van der Waals surface area contributed by atoms with Gasteiger partial charge < -0.3 is 15.1 Å². The number of nitrogens with zero attached hydrogens (tertiary/aromatic N) is 4. The Hall–Kier alpha value is -1.76. The quantitative estimate of drug-likeness (QED) is 0.661. The van der Waals surface area contributed by atoms with Crippen molar-refractivity contribution in [2.24, 2.45) is 11.7 Å². The summed E-state index contributed by atoms with van der Waals surface area (Å²) < 4.78 is 40.8. The molecule has 2 amide bonds. The first-order valence-electron chi connectivity index (χ1n) is 8.65. The van der Waals surface area contributed by atoms with Crippen LogP contribution in [-0.2, 0) is 21.1 Å². The molecule has 0 spiro atoms. The Balaban J connectivity index is 1.40. The van der Waals surface area contributed by atoms with E-state index in [1.54, 1.807) is 0 Å². The Bertz CT molecular complexity index is 792. The fourth-order valence-corrected chi connectivity index (χ4v) is 4.33. The molecular weight excluding hydrogens is 366 g/mol. The SMILES string of the molecule is NC1CC(CCc2nnc([C@@H]3CC[C@H]4CN3C(=O)N4OS(=O)(=O)O)o2)C1. The molecule has 1 aliphatic carbocycles. The number of rotatable bonds is 6. The highest BCUT2D eigenvalue weighted by molar-refractivity contribution is 7.80. The molecule has 1 aromatic heterocycles. The number of hydroxylamine groups is 2. The predicted molar refractivity (Wildman–Crippen MR) is 85.7 cm³/mol. The van der Waals surface area contributed by atoms with Crippen LogP contribution in [0.5, 0.6) is 0 Å². The third-order valence-corrected chi connectivity index (χ3v) is 5.65. The van der Waals surface area contributed by atoms with Crippen molar-refractivity contribution in [1.29, 1.82) is 0 Å². The Kier molecular flexibility index (Phi) is 4.37. The lowest BCUT2D eigenvalue weighted by Gasteiger charge is -2.32. The first kappa shape index (κ1) is 17.6. The fraction of sp³-hybridized carbons (Fsp3) is 0.786. The molecule has 3 aliphatic rings. The maximum Gasteiger partial charge on any atom is 0.418 e. The largest absolute Gasteiger partial charge is 0.423 e. The molecule has 2 bridgehead atoms. The number of urea groups is 1. The molecule has 11 nitrogen and oxygen atoms in total. The van der Waals surface area contributed by atoms with Gasteiger partial charge in [-0.1, -0.05) is 0 Å². The topological polar surface area (TPSA) is 152 Å². The van der Waals surface area contributed by atoms with E-state index in [4.69, 9.17) is 14.7 Å². The van der Waals surface area contributed by atoms with Crippen LogP contribution in [-0.4, -0.2) is 57.8 Å². The maximum absolute atomic E-state index is 12.4. The summed E-state index contributed by atoms with van der Waals surface area (Å²) in [6.45, 7) is 0.274. The van der Waals surface area contributed by atoms with Crippen LogP contribution in [0.4, 0.5) is 4.79 Å². The lowest BCUT2D eigenvalue weighted by Crippen LogP contribution is -2.36. The molecule has 1 aromatic rings. The minimum Gasteiger partial charge on any atom is -0.423 e. The van der Waals surface area contributed by atoms with Crippen molar-refractivity contribution in [2.75, 3.05) is 6.54 Å². The summed E-state index contributed by atoms with van der Waals surface area (Å²) >= 11 is 0. The summed E-state index contributed by atoms with van der Waals surface area (Å²) in [6, 6.07) is -1.20. The standard InChI is InChI=1S/C14H21N5O6S/c15-9-5-8(6-9)1-4-12-16-17-13(24-12)11-3-2-10-7-18(11)14(20)19(10)25-26(21,22)23/h8-11H,1-7,15H2,(H,21,22,23)/t8?,9?,10-,11-/m0/s1. The van der Waals surface area contributed by atoms with Gasteiger partial charge in [-0.15, -0.1) is 14.5 Å². The van der Waals surface area contributed by atoms with E-state index < -0.39 is 28.5 Å². The average molecular weight is 387 g/mol. The molecule has 0 unspecified atom stereocenters. The van der Waals surface area contributed by atoms with Crippen molar-refractivity contribution in [1.82, 2.24) is 20.2 Å². The molecule has 2 atom stereocenters. The van der Waals surface area contributed by atoms with E-state index in [2.05, 4.69) is 14.5 Å². The zero-order valence-corrected chi connectivity index (χ0v) is 14.8. The second-order valence-corrected chi connectivity index (χ2v) is 8.18. The van der Waals surface area contributed by atoms with Gasteiger partial charge in [0, 0.05) is 19.0 Å². The fourth-order valence-electron chi connectivity index (χ4n) is 3.94. The van der Waals surface area contributed by atoms with Crippen LogP contribution >= 0.6 is 0 Å². The number of fused-ring (bicyclic) bond motifs is 2. The molecule has 3 fully saturated rings. The number of carbonyl (C=O) groups is 1. The normalized spacial score (nSPS) is 31.4. The summed E-state index contributed by atoms with van der Waals surface area (Å²) in [4.78, 5) is 13.8. The van der Waals surface area contributed by atoms with Gasteiger partial charge in [0.15, 0.2) is 0 Å². The number of nitrogens with two attached hydrogens (primary N) is 1. The summed E-state index contributed by atoms with van der Waals surface area (Å²) in [5, 5.41) is 8.83. The second kappa shape index (κ2) is 6.44. The van der Waals surface area contributed by atoms with Gasteiger partial charge in [0.05, 0.1) is 6.04 Å². The van der Waals surface area contributed by atoms with Crippen LogP contribution in [0.25, 0.3) is 0 Å². The van der Waals surface area contributed by atoms with E-state index in [1.165, 1.54) is 4.90 Å². The van der Waals surface area contributed by atoms with Gasteiger partial charge in [-0.2, -0.15) is 13.5 Å². The molecule has 4 rings (SSSR count). The number of amides is 2. The summed E-state index contributed by atoms with van der Waals surface area (Å²) in [5.74, 6) is 1.47. The lowest BCUT2D eigenvalue weighted by atomic mass is 9.78. The minimum atomic E-state index is -4.76. The van der Waals surface area contributed by atoms with Crippen LogP contribution < -0.4 is 5.73 Å². The van der Waals surface area contributed by atoms with E-state index >= 15 is 0 Å². The average Bonchev–Trinajstić information content (AvgIpc) is 3.10. The summed E-state index contributed by atoms with van der Waals surface area (Å²) in [5.41, 5.74) is 5.78. The van der Waals surface area contributed by atoms with Crippen molar-refractivity contribution < 1.29 is 26.5 Å². The zero-order chi connectivity index (χ0) is 18.5. The first-order valence-corrected chi connectivity index (χ1v) is 10.0. The highest BCUT2D eigenvalue weighted by atomic mass is 32.3. The van der Waals surface area contributed by atoms with Crippen molar-refractivity contribution >= 4 is 16.4 Å². The molecule has 0 radical (unpaired) electrons. The maximum atomic E-state index is 12.4. The Morgan fingerprint density at radius 1 is 1.31 bits per heavy atom. The number of piperidine rings is 1. The van der Waals surface area contributed by atoms with Crippen LogP contribution in [0, 0.1) is 5.92 Å². The lowest BCUT2D eigenvalue weighted by molar-refractivity contribution is -0.0317. The van der Waals surface area contributed by atoms with Crippen LogP contribution in [0.15, 0.2) is 4.42 Å². The highest BCUT2D eigenvalue weighted by Crippen LogP contribution is 2.38. The third-order valence-electron chi connectivity index (χ3n) is 5.30. The molecule has 2 saturated heterocycles. The van der Waals surface area contributed by atoms with E-state index in [0.29, 0.717) is 48.1 Å². The highest BCUT2D eigenvalue weighted by Gasteiger charge is 2.49. The van der Waals surface area contributed by atoms with Crippen molar-refractivity contribution in [2.45, 2.75) is 56.7 Å². The smallest absolute Gasteiger partial charge is 0.418 e. The van der Waals surface area contributed by atoms with Crippen molar-refractivity contribution in [3.8, 4) is 0 Å². The molecule has 0 aromatic carbocycles. The van der Waals surface area contributed by atoms with Crippen LogP contribution in [0.2, 0.25) is 0 Å². The zero-order valence-electron chi connectivity index (χ0n) is 14.0. The van der Waals surface area contributed by atoms with Crippen molar-refractivity contribution in [3.05, 3.63) is 11.8 Å². The Labute approximate surface area is 150 Å². The Morgan fingerprint density at radius 3 is 2.77 bits per heavy atom. The molecule has 2 aliphatic heterocycles. The summed E-state index contributed by atoms with van der Waals surface area (Å²) in [6.07, 6.45) is 4.71. The van der Waals surface area contributed by atoms with Gasteiger partial charge in [0.25, 0.3) is 0 Å². The Morgan fingerprint density at radius 2 is 2.08 bits per heavy atom. The van der Waals surface area contributed by atoms with Gasteiger partial charge in [0.2, 0.25) is 11.8 Å². The molecule has 12 heteroatoms. The first-order chi connectivity index (χ1) is 12.3. The third kappa shape index (κ3) is 3.41. The van der Waals surface area contributed by atoms with E-state index in [-0.39, 0.29) is 6.54 Å². The van der Waals surface area contributed by atoms with Crippen molar-refractivity contribution in [3.63, 3.8) is 0 Å². The van der Waals surface area contributed by atoms with Gasteiger partial charge in [-0.3, -0.25) is 4.55 Å². The number of hydrogen-bond donors (Lipinski definition) is 2. The molecule has 26 heavy (non-hydrogen) atoms. The van der Waals surface area contributed by atoms with E-state index in [1.807, 2.05) is 0 Å². The van der Waals surface area contributed by atoms with Gasteiger partial charge in [-0.25, -0.2) is 4.79 Å². The molecule has 3 N–H and O–H groups in total. The summed E-state index contributed by atoms with van der Waals surface area (Å²) in [7, 11) is -4.76. The number of carbonyl (C=O) groups excluding carboxylic acids is 1. The number of aromatic nitrogens is 2. The second-order valence-electron chi connectivity index (χ2n) is 7.18. The minimum absolute atomic E-state index is 0.274. The van der Waals surface area contributed by atoms with E-state index in [9.17, 15) is 13.2 Å². The van der Waals surface area contributed by atoms with Gasteiger partial charge >= 0.3 is 16.4 Å². The van der Waals surface area contributed by atoms with Crippen LogP contribution in [0.1, 0.15) is 49.9 Å².